The number of hydrogen-bond acceptors (Lipinski definition) is 4. The van der Waals surface area contributed by atoms with Crippen LogP contribution < -0.4 is 4.74 Å². The molecular weight excluding hydrogens is 486 g/mol. The highest BCUT2D eigenvalue weighted by molar-refractivity contribution is 6.31. The molecule has 0 bridgehead atoms. The van der Waals surface area contributed by atoms with Crippen LogP contribution in [0.4, 0.5) is 8.78 Å². The average molecular weight is 513 g/mol. The number of alkyl halides is 1. The van der Waals surface area contributed by atoms with Gasteiger partial charge in [-0.25, -0.2) is 8.78 Å². The maximum absolute atomic E-state index is 15.4. The van der Waals surface area contributed by atoms with Crippen LogP contribution >= 0.6 is 11.6 Å². The van der Waals surface area contributed by atoms with E-state index in [4.69, 9.17) is 16.3 Å². The number of benzene rings is 2. The second-order valence-electron chi connectivity index (χ2n) is 8.98. The van der Waals surface area contributed by atoms with Gasteiger partial charge in [-0.1, -0.05) is 23.4 Å². The summed E-state index contributed by atoms with van der Waals surface area (Å²) in [6.45, 7) is 1.39. The molecule has 3 aromatic rings. The number of halogens is 3. The summed E-state index contributed by atoms with van der Waals surface area (Å²) in [5, 5.41) is 10.8. The molecule has 1 saturated heterocycles. The van der Waals surface area contributed by atoms with Gasteiger partial charge in [-0.05, 0) is 79.8 Å². The van der Waals surface area contributed by atoms with Crippen molar-refractivity contribution in [2.24, 2.45) is 11.8 Å². The van der Waals surface area contributed by atoms with Crippen molar-refractivity contribution in [2.45, 2.75) is 25.4 Å². The highest BCUT2D eigenvalue weighted by Gasteiger charge is 2.34. The number of hydrogen-bond donors (Lipinski definition) is 1. The maximum Gasteiger partial charge on any atom is 0.308 e. The van der Waals surface area contributed by atoms with E-state index in [0.29, 0.717) is 60.3 Å². The first-order valence-corrected chi connectivity index (χ1v) is 12.2. The Bertz CT molecular complexity index is 1310. The second kappa shape index (κ2) is 11.7. The van der Waals surface area contributed by atoms with Crippen LogP contribution in [0.2, 0.25) is 5.02 Å². The minimum atomic E-state index is -1.23. The van der Waals surface area contributed by atoms with Gasteiger partial charge in [0.1, 0.15) is 17.7 Å². The van der Waals surface area contributed by atoms with Gasteiger partial charge < -0.3 is 9.84 Å². The lowest BCUT2D eigenvalue weighted by Gasteiger charge is -2.35. The van der Waals surface area contributed by atoms with E-state index in [0.717, 1.165) is 0 Å². The Morgan fingerprint density at radius 1 is 1.31 bits per heavy atom. The number of carbonyl (C=O) groups is 1. The Labute approximate surface area is 214 Å². The number of nitrogens with zero attached hydrogens (tertiary/aromatic N) is 2. The minimum absolute atomic E-state index is 0.126. The molecule has 0 saturated carbocycles. The first-order valence-electron chi connectivity index (χ1n) is 11.8. The van der Waals surface area contributed by atoms with E-state index in [2.05, 4.69) is 16.8 Å². The summed E-state index contributed by atoms with van der Waals surface area (Å²) in [7, 11) is 1.56. The summed E-state index contributed by atoms with van der Waals surface area (Å²) in [4.78, 5) is 18.3. The Hall–Kier alpha value is -3.21. The zero-order valence-electron chi connectivity index (χ0n) is 19.9. The third-order valence-electron chi connectivity index (χ3n) is 6.72. The number of rotatable bonds is 7. The van der Waals surface area contributed by atoms with Gasteiger partial charge in [0.2, 0.25) is 0 Å². The predicted octanol–water partition coefficient (Wildman–Crippen LogP) is 5.90. The van der Waals surface area contributed by atoms with E-state index in [1.54, 1.807) is 37.6 Å². The van der Waals surface area contributed by atoms with Crippen molar-refractivity contribution in [3.8, 4) is 17.6 Å². The van der Waals surface area contributed by atoms with Crippen molar-refractivity contribution < 1.29 is 23.4 Å². The summed E-state index contributed by atoms with van der Waals surface area (Å²) in [5.74, 6) is 4.52. The molecule has 1 unspecified atom stereocenters. The lowest BCUT2D eigenvalue weighted by atomic mass is 9.81. The van der Waals surface area contributed by atoms with Crippen LogP contribution in [0.3, 0.4) is 0 Å². The zero-order chi connectivity index (χ0) is 25.7. The molecule has 1 aliphatic rings. The van der Waals surface area contributed by atoms with Crippen LogP contribution in [-0.4, -0.2) is 47.7 Å². The first kappa shape index (κ1) is 25.9. The molecule has 1 aliphatic heterocycles. The molecule has 2 heterocycles. The Morgan fingerprint density at radius 3 is 2.89 bits per heavy atom. The quantitative estimate of drug-likeness (QED) is 0.399. The minimum Gasteiger partial charge on any atom is -0.497 e. The normalized spacial score (nSPS) is 18.9. The Kier molecular flexibility index (Phi) is 8.40. The zero-order valence-corrected chi connectivity index (χ0v) is 20.6. The number of carboxylic acids is 1. The SMILES string of the molecule is COc1ccc2nccc(C(F)CC[C@@H]3CCN(CC#Cc4ccc(F)cc4Cl)C[C@@H]3C(=O)O)c2c1. The van der Waals surface area contributed by atoms with Crippen LogP contribution in [-0.2, 0) is 4.79 Å². The van der Waals surface area contributed by atoms with Gasteiger partial charge in [0.05, 0.1) is 30.1 Å². The number of pyridine rings is 1. The van der Waals surface area contributed by atoms with Gasteiger partial charge in [0, 0.05) is 23.7 Å². The van der Waals surface area contributed by atoms with E-state index in [-0.39, 0.29) is 17.4 Å². The van der Waals surface area contributed by atoms with Crippen LogP contribution in [0.5, 0.6) is 5.75 Å². The summed E-state index contributed by atoms with van der Waals surface area (Å²) in [5.41, 5.74) is 1.76. The highest BCUT2D eigenvalue weighted by Crippen LogP contribution is 2.35. The summed E-state index contributed by atoms with van der Waals surface area (Å²) >= 11 is 6.01. The number of ether oxygens (including phenoxy) is 1. The molecule has 3 atom stereocenters. The third-order valence-corrected chi connectivity index (χ3v) is 7.04. The molecule has 0 aliphatic carbocycles. The van der Waals surface area contributed by atoms with Gasteiger partial charge in [0.25, 0.3) is 0 Å². The van der Waals surface area contributed by atoms with E-state index in [9.17, 15) is 14.3 Å². The molecule has 0 radical (unpaired) electrons. The molecule has 188 valence electrons. The number of aromatic nitrogens is 1. The fourth-order valence-corrected chi connectivity index (χ4v) is 4.95. The van der Waals surface area contributed by atoms with Gasteiger partial charge in [-0.15, -0.1) is 0 Å². The number of aliphatic carboxylic acids is 1. The summed E-state index contributed by atoms with van der Waals surface area (Å²) in [6.07, 6.45) is 1.70. The van der Waals surface area contributed by atoms with Crippen molar-refractivity contribution in [3.63, 3.8) is 0 Å². The molecule has 1 fully saturated rings. The topological polar surface area (TPSA) is 62.7 Å². The number of likely N-dealkylation sites (tertiary alicyclic amines) is 1. The first-order chi connectivity index (χ1) is 17.4. The van der Waals surface area contributed by atoms with Gasteiger partial charge in [-0.2, -0.15) is 0 Å². The molecular formula is C28H27ClF2N2O3. The van der Waals surface area contributed by atoms with E-state index < -0.39 is 23.9 Å². The number of piperidine rings is 1. The molecule has 0 spiro atoms. The largest absolute Gasteiger partial charge is 0.497 e. The molecule has 1 N–H and O–H groups in total. The smallest absolute Gasteiger partial charge is 0.308 e. The van der Waals surface area contributed by atoms with Crippen LogP contribution in [0.15, 0.2) is 48.7 Å². The number of methoxy groups -OCH3 is 1. The van der Waals surface area contributed by atoms with Crippen LogP contribution in [0.25, 0.3) is 10.9 Å². The van der Waals surface area contributed by atoms with Crippen molar-refractivity contribution >= 4 is 28.5 Å². The molecule has 0 amide bonds. The second-order valence-corrected chi connectivity index (χ2v) is 9.39. The molecule has 5 nitrogen and oxygen atoms in total. The Morgan fingerprint density at radius 2 is 2.14 bits per heavy atom. The highest BCUT2D eigenvalue weighted by atomic mass is 35.5. The van der Waals surface area contributed by atoms with Crippen LogP contribution in [0, 0.1) is 29.5 Å². The van der Waals surface area contributed by atoms with Crippen molar-refractivity contribution in [1.29, 1.82) is 0 Å². The van der Waals surface area contributed by atoms with Crippen molar-refractivity contribution in [1.82, 2.24) is 9.88 Å². The Balaban J connectivity index is 1.38. The van der Waals surface area contributed by atoms with Gasteiger partial charge in [-0.3, -0.25) is 14.7 Å². The summed E-state index contributed by atoms with van der Waals surface area (Å²) in [6, 6.07) is 11.1. The monoisotopic (exact) mass is 512 g/mol. The van der Waals surface area contributed by atoms with Crippen molar-refractivity contribution in [2.75, 3.05) is 26.7 Å². The number of carboxylic acid groups (broad SMARTS) is 1. The molecule has 1 aromatic heterocycles. The lowest BCUT2D eigenvalue weighted by Crippen LogP contribution is -2.44. The summed E-state index contributed by atoms with van der Waals surface area (Å²) < 4.78 is 33.8. The fourth-order valence-electron chi connectivity index (χ4n) is 4.74. The van der Waals surface area contributed by atoms with E-state index >= 15 is 4.39 Å². The molecule has 8 heteroatoms. The number of fused-ring (bicyclic) bond motifs is 1. The van der Waals surface area contributed by atoms with Gasteiger partial charge in [0.15, 0.2) is 0 Å². The fraction of sp³-hybridized carbons (Fsp3) is 0.357. The third kappa shape index (κ3) is 6.13. The van der Waals surface area contributed by atoms with E-state index in [1.807, 2.05) is 4.90 Å². The maximum atomic E-state index is 15.4. The van der Waals surface area contributed by atoms with Gasteiger partial charge >= 0.3 is 5.97 Å². The molecule has 36 heavy (non-hydrogen) atoms. The van der Waals surface area contributed by atoms with Crippen LogP contribution in [0.1, 0.15) is 36.6 Å². The standard InChI is InChI=1S/C28H27ClF2N2O3/c1-36-21-7-9-27-23(16-21)22(10-12-32-27)26(31)8-5-18-11-14-33(17-24(18)28(34)35)13-2-3-19-4-6-20(30)15-25(19)29/h4,6-7,9-10,12,15-16,18,24,26H,5,8,11,13-14,17H2,1H3,(H,34,35)/t18-,24+,26?/m1/s1. The van der Waals surface area contributed by atoms with E-state index in [1.165, 1.54) is 18.2 Å². The lowest BCUT2D eigenvalue weighted by molar-refractivity contribution is -0.146. The van der Waals surface area contributed by atoms with Crippen molar-refractivity contribution in [3.05, 3.63) is 70.6 Å². The molecule has 4 rings (SSSR count). The molecule has 2 aromatic carbocycles. The predicted molar refractivity (Wildman–Crippen MR) is 135 cm³/mol. The average Bonchev–Trinajstić information content (AvgIpc) is 2.88.